The van der Waals surface area contributed by atoms with Crippen molar-refractivity contribution in [2.24, 2.45) is 0 Å². The second-order valence-electron chi connectivity index (χ2n) is 5.56. The van der Waals surface area contributed by atoms with E-state index in [0.717, 1.165) is 22.9 Å². The van der Waals surface area contributed by atoms with Crippen molar-refractivity contribution in [1.29, 1.82) is 0 Å². The molecular formula is C17H17N3O4S. The second-order valence-corrected chi connectivity index (χ2v) is 6.53. The number of ether oxygens (including phenoxy) is 1. The lowest BCUT2D eigenvalue weighted by Gasteiger charge is -2.35. The fraction of sp³-hybridized carbons (Fsp3) is 0.294. The summed E-state index contributed by atoms with van der Waals surface area (Å²) in [4.78, 5) is 44.2. The number of nitrogens with zero attached hydrogens (tertiary/aromatic N) is 2. The minimum atomic E-state index is -0.643. The maximum absolute atomic E-state index is 12.7. The normalized spacial score (nSPS) is 16.2. The molecule has 1 atom stereocenters. The Balaban J connectivity index is 1.76. The topological polar surface area (TPSA) is 92.4 Å². The summed E-state index contributed by atoms with van der Waals surface area (Å²) in [7, 11) is 1.32. The molecule has 0 spiro atoms. The molecule has 2 aromatic rings. The number of esters is 1. The summed E-state index contributed by atoms with van der Waals surface area (Å²) in [5, 5.41) is 0.368. The Morgan fingerprint density at radius 3 is 2.80 bits per heavy atom. The first-order valence-corrected chi connectivity index (χ1v) is 8.69. The van der Waals surface area contributed by atoms with Gasteiger partial charge >= 0.3 is 5.97 Å². The Hall–Kier alpha value is -2.61. The Bertz CT molecular complexity index is 852. The van der Waals surface area contributed by atoms with Crippen molar-refractivity contribution >= 4 is 23.6 Å². The molecule has 130 valence electrons. The van der Waals surface area contributed by atoms with Crippen molar-refractivity contribution in [2.45, 2.75) is 24.2 Å². The highest BCUT2D eigenvalue weighted by atomic mass is 32.2. The van der Waals surface area contributed by atoms with E-state index in [2.05, 4.69) is 9.97 Å². The maximum atomic E-state index is 12.7. The Kier molecular flexibility index (Phi) is 5.18. The number of methoxy groups -OCH3 is 1. The van der Waals surface area contributed by atoms with E-state index >= 15 is 0 Å². The van der Waals surface area contributed by atoms with Gasteiger partial charge in [-0.3, -0.25) is 9.59 Å². The molecule has 0 radical (unpaired) electrons. The molecule has 0 unspecified atom stereocenters. The van der Waals surface area contributed by atoms with Gasteiger partial charge < -0.3 is 14.6 Å². The van der Waals surface area contributed by atoms with Gasteiger partial charge in [-0.1, -0.05) is 36.0 Å². The van der Waals surface area contributed by atoms with Crippen molar-refractivity contribution in [3.8, 4) is 0 Å². The van der Waals surface area contributed by atoms with E-state index in [0.29, 0.717) is 18.1 Å². The average molecular weight is 359 g/mol. The number of rotatable bonds is 4. The average Bonchev–Trinajstić information content (AvgIpc) is 2.64. The van der Waals surface area contributed by atoms with Gasteiger partial charge in [0.05, 0.1) is 12.9 Å². The highest BCUT2D eigenvalue weighted by molar-refractivity contribution is 7.99. The first-order chi connectivity index (χ1) is 12.1. The number of nitrogens with one attached hydrogen (secondary N) is 1. The van der Waals surface area contributed by atoms with E-state index in [1.54, 1.807) is 0 Å². The van der Waals surface area contributed by atoms with Gasteiger partial charge in [-0.25, -0.2) is 9.78 Å². The third-order valence-electron chi connectivity index (χ3n) is 4.02. The lowest BCUT2D eigenvalue weighted by Crippen LogP contribution is -2.49. The van der Waals surface area contributed by atoms with Crippen LogP contribution < -0.4 is 5.56 Å². The monoisotopic (exact) mass is 359 g/mol. The molecule has 0 saturated heterocycles. The van der Waals surface area contributed by atoms with Gasteiger partial charge in [-0.05, 0) is 11.1 Å². The van der Waals surface area contributed by atoms with E-state index in [9.17, 15) is 14.4 Å². The SMILES string of the molecule is COC(=O)[C@@H]1Cc2ccccc2CN1C(=O)CSc1nccc(=O)[nH]1. The minimum Gasteiger partial charge on any atom is -0.467 e. The molecule has 2 heterocycles. The fourth-order valence-electron chi connectivity index (χ4n) is 2.77. The summed E-state index contributed by atoms with van der Waals surface area (Å²) in [6.45, 7) is 0.355. The molecule has 0 bridgehead atoms. The number of aromatic nitrogens is 2. The number of carbonyl (C=O) groups is 2. The lowest BCUT2D eigenvalue weighted by molar-refractivity contribution is -0.153. The van der Waals surface area contributed by atoms with Crippen LogP contribution in [0, 0.1) is 0 Å². The molecule has 7 nitrogen and oxygen atoms in total. The van der Waals surface area contributed by atoms with Crippen LogP contribution in [0.5, 0.6) is 0 Å². The molecule has 1 amide bonds. The van der Waals surface area contributed by atoms with E-state index in [1.807, 2.05) is 24.3 Å². The van der Waals surface area contributed by atoms with Crippen molar-refractivity contribution in [2.75, 3.05) is 12.9 Å². The summed E-state index contributed by atoms with van der Waals surface area (Å²) in [5.74, 6) is -0.566. The summed E-state index contributed by atoms with van der Waals surface area (Å²) < 4.78 is 4.86. The summed E-state index contributed by atoms with van der Waals surface area (Å²) in [6.07, 6.45) is 1.82. The Labute approximate surface area is 148 Å². The van der Waals surface area contributed by atoms with Crippen LogP contribution >= 0.6 is 11.8 Å². The van der Waals surface area contributed by atoms with Crippen molar-refractivity contribution in [3.05, 3.63) is 58.0 Å². The van der Waals surface area contributed by atoms with Crippen LogP contribution in [0.2, 0.25) is 0 Å². The molecule has 1 aliphatic rings. The molecule has 0 fully saturated rings. The van der Waals surface area contributed by atoms with Gasteiger partial charge in [0, 0.05) is 25.2 Å². The third kappa shape index (κ3) is 3.90. The highest BCUT2D eigenvalue weighted by Gasteiger charge is 2.35. The van der Waals surface area contributed by atoms with Gasteiger partial charge in [-0.15, -0.1) is 0 Å². The van der Waals surface area contributed by atoms with Gasteiger partial charge in [0.15, 0.2) is 5.16 Å². The highest BCUT2D eigenvalue weighted by Crippen LogP contribution is 2.25. The molecule has 0 saturated carbocycles. The number of thioether (sulfide) groups is 1. The fourth-order valence-corrected chi connectivity index (χ4v) is 3.50. The molecule has 1 aromatic heterocycles. The molecule has 1 N–H and O–H groups in total. The standard InChI is InChI=1S/C17H17N3O4S/c1-24-16(23)13-8-11-4-2-3-5-12(11)9-20(13)15(22)10-25-17-18-7-6-14(21)19-17/h2-7,13H,8-10H2,1H3,(H,18,19,21)/t13-/m0/s1. The van der Waals surface area contributed by atoms with E-state index in [1.165, 1.54) is 24.3 Å². The first kappa shape index (κ1) is 17.2. The Morgan fingerprint density at radius 1 is 1.32 bits per heavy atom. The van der Waals surface area contributed by atoms with Crippen LogP contribution in [-0.4, -0.2) is 45.6 Å². The number of amides is 1. The third-order valence-corrected chi connectivity index (χ3v) is 4.89. The van der Waals surface area contributed by atoms with Gasteiger partial charge in [0.1, 0.15) is 6.04 Å². The van der Waals surface area contributed by atoms with Crippen LogP contribution in [0.15, 0.2) is 46.5 Å². The van der Waals surface area contributed by atoms with E-state index in [4.69, 9.17) is 4.74 Å². The lowest BCUT2D eigenvalue weighted by atomic mass is 9.94. The predicted molar refractivity (Wildman–Crippen MR) is 92.1 cm³/mol. The number of H-pyrrole nitrogens is 1. The van der Waals surface area contributed by atoms with E-state index < -0.39 is 12.0 Å². The predicted octanol–water partition coefficient (Wildman–Crippen LogP) is 0.988. The number of fused-ring (bicyclic) bond motifs is 1. The molecule has 8 heteroatoms. The molecule has 0 aliphatic carbocycles. The number of hydrogen-bond donors (Lipinski definition) is 1. The minimum absolute atomic E-state index is 0.0720. The van der Waals surface area contributed by atoms with Crippen molar-refractivity contribution in [1.82, 2.24) is 14.9 Å². The summed E-state index contributed by atoms with van der Waals surface area (Å²) in [5.41, 5.74) is 1.79. The van der Waals surface area contributed by atoms with Crippen LogP contribution in [0.3, 0.4) is 0 Å². The summed E-state index contributed by atoms with van der Waals surface area (Å²) >= 11 is 1.13. The zero-order valence-corrected chi connectivity index (χ0v) is 14.4. The largest absolute Gasteiger partial charge is 0.467 e. The molecular weight excluding hydrogens is 342 g/mol. The number of hydrogen-bond acceptors (Lipinski definition) is 6. The first-order valence-electron chi connectivity index (χ1n) is 7.70. The number of benzene rings is 1. The molecule has 25 heavy (non-hydrogen) atoms. The van der Waals surface area contributed by atoms with Crippen LogP contribution in [0.1, 0.15) is 11.1 Å². The van der Waals surface area contributed by atoms with Gasteiger partial charge in [0.25, 0.3) is 5.56 Å². The maximum Gasteiger partial charge on any atom is 0.328 e. The zero-order valence-electron chi connectivity index (χ0n) is 13.6. The van der Waals surface area contributed by atoms with Crippen LogP contribution in [0.4, 0.5) is 0 Å². The van der Waals surface area contributed by atoms with Crippen molar-refractivity contribution < 1.29 is 14.3 Å². The zero-order chi connectivity index (χ0) is 17.8. The quantitative estimate of drug-likeness (QED) is 0.497. The Morgan fingerprint density at radius 2 is 2.08 bits per heavy atom. The van der Waals surface area contributed by atoms with Gasteiger partial charge in [-0.2, -0.15) is 0 Å². The van der Waals surface area contributed by atoms with E-state index in [-0.39, 0.29) is 17.2 Å². The molecule has 3 rings (SSSR count). The van der Waals surface area contributed by atoms with Crippen LogP contribution in [0.25, 0.3) is 0 Å². The number of aromatic amines is 1. The molecule has 1 aromatic carbocycles. The van der Waals surface area contributed by atoms with Crippen LogP contribution in [-0.2, 0) is 27.3 Å². The molecule has 1 aliphatic heterocycles. The summed E-state index contributed by atoms with van der Waals surface area (Å²) in [6, 6.07) is 8.40. The van der Waals surface area contributed by atoms with Crippen molar-refractivity contribution in [3.63, 3.8) is 0 Å². The second kappa shape index (κ2) is 7.52. The van der Waals surface area contributed by atoms with Gasteiger partial charge in [0.2, 0.25) is 5.91 Å². The smallest absolute Gasteiger partial charge is 0.328 e. The number of carbonyl (C=O) groups excluding carboxylic acids is 2.